The van der Waals surface area contributed by atoms with Gasteiger partial charge < -0.3 is 10.1 Å². The highest BCUT2D eigenvalue weighted by atomic mass is 32.2. The van der Waals surface area contributed by atoms with Gasteiger partial charge in [-0.2, -0.15) is 0 Å². The average molecular weight is 370 g/mol. The first-order valence-electron chi connectivity index (χ1n) is 7.54. The third-order valence-corrected chi connectivity index (χ3v) is 5.56. The predicted molar refractivity (Wildman–Crippen MR) is 101 cm³/mol. The average Bonchev–Trinajstić information content (AvgIpc) is 3.20. The molecule has 2 aromatic heterocycles. The van der Waals surface area contributed by atoms with Crippen molar-refractivity contribution < 1.29 is 9.53 Å². The number of hydrogen-bond donors (Lipinski definition) is 1. The SMILES string of the molecule is COc1ccc(NC(=O)CSc2nnc3sc4ccccc4n23)cc1. The molecule has 0 saturated heterocycles. The normalized spacial score (nSPS) is 11.1. The van der Waals surface area contributed by atoms with Crippen LogP contribution in [0.2, 0.25) is 0 Å². The lowest BCUT2D eigenvalue weighted by Gasteiger charge is -2.05. The van der Waals surface area contributed by atoms with Gasteiger partial charge in [0.05, 0.1) is 23.1 Å². The second-order valence-electron chi connectivity index (χ2n) is 5.24. The van der Waals surface area contributed by atoms with Crippen molar-refractivity contribution in [3.63, 3.8) is 0 Å². The van der Waals surface area contributed by atoms with E-state index in [1.807, 2.05) is 46.9 Å². The van der Waals surface area contributed by atoms with Gasteiger partial charge in [0.25, 0.3) is 0 Å². The van der Waals surface area contributed by atoms with E-state index < -0.39 is 0 Å². The van der Waals surface area contributed by atoms with Gasteiger partial charge >= 0.3 is 0 Å². The molecule has 1 amide bonds. The number of para-hydroxylation sites is 1. The van der Waals surface area contributed by atoms with Gasteiger partial charge in [-0.05, 0) is 36.4 Å². The topological polar surface area (TPSA) is 68.5 Å². The third kappa shape index (κ3) is 3.18. The van der Waals surface area contributed by atoms with Crippen molar-refractivity contribution >= 4 is 49.9 Å². The zero-order valence-electron chi connectivity index (χ0n) is 13.3. The first-order chi connectivity index (χ1) is 12.2. The van der Waals surface area contributed by atoms with E-state index >= 15 is 0 Å². The highest BCUT2D eigenvalue weighted by molar-refractivity contribution is 7.99. The van der Waals surface area contributed by atoms with Crippen LogP contribution in [0, 0.1) is 0 Å². The van der Waals surface area contributed by atoms with Crippen LogP contribution in [-0.2, 0) is 4.79 Å². The number of amides is 1. The maximum atomic E-state index is 12.2. The minimum atomic E-state index is -0.0912. The number of hydrogen-bond acceptors (Lipinski definition) is 6. The monoisotopic (exact) mass is 370 g/mol. The van der Waals surface area contributed by atoms with Crippen molar-refractivity contribution in [3.05, 3.63) is 48.5 Å². The molecule has 4 rings (SSSR count). The number of carbonyl (C=O) groups is 1. The number of anilines is 1. The molecular weight excluding hydrogens is 356 g/mol. The van der Waals surface area contributed by atoms with Crippen molar-refractivity contribution in [1.82, 2.24) is 14.6 Å². The largest absolute Gasteiger partial charge is 0.497 e. The zero-order valence-corrected chi connectivity index (χ0v) is 14.9. The number of benzene rings is 2. The number of thioether (sulfide) groups is 1. The van der Waals surface area contributed by atoms with Gasteiger partial charge in [-0.15, -0.1) is 10.2 Å². The lowest BCUT2D eigenvalue weighted by atomic mass is 10.3. The molecular formula is C17H14N4O2S2. The van der Waals surface area contributed by atoms with E-state index in [1.165, 1.54) is 11.8 Å². The van der Waals surface area contributed by atoms with Crippen LogP contribution in [0.3, 0.4) is 0 Å². The first-order valence-corrected chi connectivity index (χ1v) is 9.34. The van der Waals surface area contributed by atoms with Crippen LogP contribution < -0.4 is 10.1 Å². The first kappa shape index (κ1) is 15.9. The molecule has 1 N–H and O–H groups in total. The summed E-state index contributed by atoms with van der Waals surface area (Å²) in [7, 11) is 1.61. The van der Waals surface area contributed by atoms with Gasteiger partial charge in [-0.25, -0.2) is 0 Å². The van der Waals surface area contributed by atoms with Gasteiger partial charge in [-0.1, -0.05) is 35.2 Å². The Labute approximate surface area is 151 Å². The summed E-state index contributed by atoms with van der Waals surface area (Å²) in [5, 5.41) is 12.0. The van der Waals surface area contributed by atoms with E-state index in [9.17, 15) is 4.79 Å². The van der Waals surface area contributed by atoms with Gasteiger partial charge in [0.1, 0.15) is 5.75 Å². The number of nitrogens with zero attached hydrogens (tertiary/aromatic N) is 3. The molecule has 126 valence electrons. The number of aromatic nitrogens is 3. The number of methoxy groups -OCH3 is 1. The molecule has 0 atom stereocenters. The quantitative estimate of drug-likeness (QED) is 0.543. The summed E-state index contributed by atoms with van der Waals surface area (Å²) in [4.78, 5) is 13.0. The third-order valence-electron chi connectivity index (χ3n) is 3.62. The van der Waals surface area contributed by atoms with Gasteiger partial charge in [0.2, 0.25) is 10.9 Å². The maximum absolute atomic E-state index is 12.2. The van der Waals surface area contributed by atoms with Crippen molar-refractivity contribution in [1.29, 1.82) is 0 Å². The standard InChI is InChI=1S/C17H14N4O2S2/c1-23-12-8-6-11(7-9-12)18-15(22)10-24-16-19-20-17-21(16)13-4-2-3-5-14(13)25-17/h2-9H,10H2,1H3,(H,18,22). The van der Waals surface area contributed by atoms with E-state index in [2.05, 4.69) is 21.6 Å². The summed E-state index contributed by atoms with van der Waals surface area (Å²) in [6.45, 7) is 0. The molecule has 0 saturated carbocycles. The predicted octanol–water partition coefficient (Wildman–Crippen LogP) is 3.68. The van der Waals surface area contributed by atoms with Crippen LogP contribution in [0.1, 0.15) is 0 Å². The molecule has 2 aromatic carbocycles. The molecule has 0 radical (unpaired) electrons. The van der Waals surface area contributed by atoms with E-state index in [4.69, 9.17) is 4.74 Å². The summed E-state index contributed by atoms with van der Waals surface area (Å²) < 4.78 is 8.25. The Kier molecular flexibility index (Phi) is 4.29. The summed E-state index contributed by atoms with van der Waals surface area (Å²) in [5.41, 5.74) is 1.80. The molecule has 8 heteroatoms. The number of carbonyl (C=O) groups excluding carboxylic acids is 1. The Morgan fingerprint density at radius 3 is 2.80 bits per heavy atom. The fraction of sp³-hybridized carbons (Fsp3) is 0.118. The zero-order chi connectivity index (χ0) is 17.2. The number of ether oxygens (including phenoxy) is 1. The van der Waals surface area contributed by atoms with E-state index in [0.29, 0.717) is 0 Å². The number of thiazole rings is 1. The van der Waals surface area contributed by atoms with Crippen molar-refractivity contribution in [2.75, 3.05) is 18.2 Å². The van der Waals surface area contributed by atoms with Crippen LogP contribution >= 0.6 is 23.1 Å². The smallest absolute Gasteiger partial charge is 0.234 e. The minimum Gasteiger partial charge on any atom is -0.497 e. The highest BCUT2D eigenvalue weighted by Crippen LogP contribution is 2.29. The van der Waals surface area contributed by atoms with Crippen LogP contribution in [0.4, 0.5) is 5.69 Å². The van der Waals surface area contributed by atoms with Crippen LogP contribution in [0.15, 0.2) is 53.7 Å². The van der Waals surface area contributed by atoms with Crippen molar-refractivity contribution in [2.24, 2.45) is 0 Å². The molecule has 25 heavy (non-hydrogen) atoms. The lowest BCUT2D eigenvalue weighted by Crippen LogP contribution is -2.14. The fourth-order valence-electron chi connectivity index (χ4n) is 2.45. The van der Waals surface area contributed by atoms with Crippen LogP contribution in [0.5, 0.6) is 5.75 Å². The van der Waals surface area contributed by atoms with Gasteiger partial charge in [0, 0.05) is 5.69 Å². The minimum absolute atomic E-state index is 0.0912. The Hall–Kier alpha value is -2.58. The fourth-order valence-corrected chi connectivity index (χ4v) is 4.22. The van der Waals surface area contributed by atoms with Crippen LogP contribution in [0.25, 0.3) is 15.2 Å². The van der Waals surface area contributed by atoms with E-state index in [-0.39, 0.29) is 11.7 Å². The molecule has 2 heterocycles. The van der Waals surface area contributed by atoms with E-state index in [0.717, 1.165) is 31.8 Å². The molecule has 4 aromatic rings. The molecule has 0 aliphatic heterocycles. The van der Waals surface area contributed by atoms with Crippen LogP contribution in [-0.4, -0.2) is 33.4 Å². The second-order valence-corrected chi connectivity index (χ2v) is 7.19. The highest BCUT2D eigenvalue weighted by Gasteiger charge is 2.14. The van der Waals surface area contributed by atoms with Gasteiger partial charge in [-0.3, -0.25) is 9.20 Å². The number of rotatable bonds is 5. The second kappa shape index (κ2) is 6.73. The number of fused-ring (bicyclic) bond motifs is 3. The lowest BCUT2D eigenvalue weighted by molar-refractivity contribution is -0.113. The van der Waals surface area contributed by atoms with Crippen molar-refractivity contribution in [3.8, 4) is 5.75 Å². The summed E-state index contributed by atoms with van der Waals surface area (Å²) in [6, 6.07) is 15.3. The Balaban J connectivity index is 1.47. The summed E-state index contributed by atoms with van der Waals surface area (Å²) in [6.07, 6.45) is 0. The summed E-state index contributed by atoms with van der Waals surface area (Å²) in [5.74, 6) is 0.922. The molecule has 6 nitrogen and oxygen atoms in total. The molecule has 0 bridgehead atoms. The Morgan fingerprint density at radius 2 is 2.00 bits per heavy atom. The summed E-state index contributed by atoms with van der Waals surface area (Å²) >= 11 is 2.96. The van der Waals surface area contributed by atoms with E-state index in [1.54, 1.807) is 18.4 Å². The Bertz CT molecular complexity index is 1040. The molecule has 0 unspecified atom stereocenters. The van der Waals surface area contributed by atoms with Gasteiger partial charge in [0.15, 0.2) is 5.16 Å². The molecule has 0 aliphatic rings. The molecule has 0 spiro atoms. The molecule has 0 aliphatic carbocycles. The maximum Gasteiger partial charge on any atom is 0.234 e. The van der Waals surface area contributed by atoms with Crippen molar-refractivity contribution in [2.45, 2.75) is 5.16 Å². The number of nitrogens with one attached hydrogen (secondary N) is 1. The molecule has 0 fully saturated rings. The Morgan fingerprint density at radius 1 is 1.20 bits per heavy atom.